The first-order valence-corrected chi connectivity index (χ1v) is 21.4. The van der Waals surface area contributed by atoms with Crippen molar-refractivity contribution >= 4 is 85.9 Å². The van der Waals surface area contributed by atoms with Crippen molar-refractivity contribution in [2.24, 2.45) is 0 Å². The van der Waals surface area contributed by atoms with Crippen LogP contribution < -0.4 is 36.7 Å². The van der Waals surface area contributed by atoms with Gasteiger partial charge >= 0.3 is 8.25 Å². The molecule has 1 heterocycles. The summed E-state index contributed by atoms with van der Waals surface area (Å²) in [4.78, 5) is 9.63. The number of hydrogen-bond acceptors (Lipinski definition) is 18. The van der Waals surface area contributed by atoms with Crippen molar-refractivity contribution in [1.82, 2.24) is 0 Å². The molecule has 0 saturated carbocycles. The van der Waals surface area contributed by atoms with E-state index in [0.717, 1.165) is 52.0 Å². The molecular formula is C36H27O17P3S. The molecule has 7 aromatic rings. The minimum atomic E-state index is -3.30. The van der Waals surface area contributed by atoms with Gasteiger partial charge in [-0.25, -0.2) is 5.26 Å². The van der Waals surface area contributed by atoms with Gasteiger partial charge in [0, 0.05) is 77.2 Å². The van der Waals surface area contributed by atoms with Crippen LogP contribution in [0.15, 0.2) is 158 Å². The largest absolute Gasteiger partial charge is 0.564 e. The Morgan fingerprint density at radius 2 is 0.754 bits per heavy atom. The van der Waals surface area contributed by atoms with Gasteiger partial charge in [0.05, 0.1) is 4.67 Å². The Bertz CT molecular complexity index is 2200. The summed E-state index contributed by atoms with van der Waals surface area (Å²) in [6, 6.07) is 51.4. The summed E-state index contributed by atoms with van der Waals surface area (Å²) in [6.45, 7) is 0. The molecule has 1 aromatic heterocycles. The molecule has 1 unspecified atom stereocenters. The Hall–Kier alpha value is -4.46. The molecular weight excluding hydrogens is 829 g/mol. The van der Waals surface area contributed by atoms with E-state index in [1.165, 1.54) is 0 Å². The van der Waals surface area contributed by atoms with E-state index in [-0.39, 0.29) is 0 Å². The summed E-state index contributed by atoms with van der Waals surface area (Å²) < 4.78 is 45.3. The van der Waals surface area contributed by atoms with Crippen LogP contribution in [0.3, 0.4) is 0 Å². The zero-order valence-corrected chi connectivity index (χ0v) is 32.2. The maximum absolute atomic E-state index is 15.1. The molecule has 7 rings (SSSR count). The molecule has 0 saturated heterocycles. The normalized spacial score (nSPS) is 12.0. The highest BCUT2D eigenvalue weighted by Crippen LogP contribution is 2.46. The van der Waals surface area contributed by atoms with Crippen molar-refractivity contribution in [3.05, 3.63) is 158 Å². The zero-order valence-electron chi connectivity index (χ0n) is 28.7. The topological polar surface area (TPSA) is 205 Å². The van der Waals surface area contributed by atoms with Crippen LogP contribution in [0.2, 0.25) is 0 Å². The third-order valence-corrected chi connectivity index (χ3v) is 15.5. The number of hydrogen-bond donors (Lipinski definition) is 1. The maximum atomic E-state index is 15.1. The molecule has 1 atom stereocenters. The molecule has 57 heavy (non-hydrogen) atoms. The van der Waals surface area contributed by atoms with Gasteiger partial charge in [0.15, 0.2) is 14.3 Å². The summed E-state index contributed by atoms with van der Waals surface area (Å²) in [5.74, 6) is 0. The number of thiophene rings is 1. The van der Waals surface area contributed by atoms with E-state index in [1.54, 1.807) is 11.3 Å². The van der Waals surface area contributed by atoms with Gasteiger partial charge in [-0.15, -0.1) is 11.3 Å². The molecule has 0 amide bonds. The van der Waals surface area contributed by atoms with Crippen molar-refractivity contribution in [1.29, 1.82) is 0 Å². The van der Waals surface area contributed by atoms with Crippen LogP contribution in [0.25, 0.3) is 20.2 Å². The second-order valence-corrected chi connectivity index (χ2v) is 18.3. The highest BCUT2D eigenvalue weighted by Gasteiger charge is 2.32. The van der Waals surface area contributed by atoms with Gasteiger partial charge in [-0.1, -0.05) is 121 Å². The van der Waals surface area contributed by atoms with Crippen molar-refractivity contribution in [2.75, 3.05) is 0 Å². The summed E-state index contributed by atoms with van der Waals surface area (Å²) >= 11 is 1.70. The molecule has 1 N–H and O–H groups in total. The lowest BCUT2D eigenvalue weighted by atomic mass is 10.1. The minimum Gasteiger partial charge on any atom is -0.564 e. The fourth-order valence-electron chi connectivity index (χ4n) is 5.73. The lowest BCUT2D eigenvalue weighted by Crippen LogP contribution is -2.25. The van der Waals surface area contributed by atoms with Gasteiger partial charge in [0.2, 0.25) is 0 Å². The second-order valence-electron chi connectivity index (χ2n) is 11.1. The molecule has 17 nitrogen and oxygen atoms in total. The molecule has 294 valence electrons. The SMILES string of the molecule is O=P(c1ccccc1)(c1ccccc1)c1ccc2sc3ccc(P(=O)(c4ccccc4)c4ccccc4)cc3c2c1.O=[P+]([O-])OOOOOOOOOOOOO. The van der Waals surface area contributed by atoms with Crippen LogP contribution >= 0.6 is 33.9 Å². The molecule has 21 heteroatoms. The molecule has 0 aliphatic carbocycles. The Labute approximate surface area is 326 Å². The summed E-state index contributed by atoms with van der Waals surface area (Å²) in [5, 5.41) is 50.7. The van der Waals surface area contributed by atoms with Gasteiger partial charge in [-0.05, 0) is 71.2 Å². The zero-order chi connectivity index (χ0) is 39.9. The standard InChI is InChI=1S/C36H26O2P2S.HO15P/c37-39(27-13-5-1-6-14-27,28-15-7-2-8-16-28)31-21-23-35-33(25-31)34-26-32(22-24-36(34)41-35)40(38,29-17-9-3-10-18-29)30-19-11-4-12-20-30;1-4-5-6-7-8-9-10-11-12-13-14-15-16(2)3/h1-26H;1H. The average molecular weight is 857 g/mol. The summed E-state index contributed by atoms with van der Waals surface area (Å²) in [5.41, 5.74) is 0. The van der Waals surface area contributed by atoms with Crippen LogP contribution in [-0.2, 0) is 73.8 Å². The predicted octanol–water partition coefficient (Wildman–Crippen LogP) is 6.07. The lowest BCUT2D eigenvalue weighted by molar-refractivity contribution is -0.867. The average Bonchev–Trinajstić information content (AvgIpc) is 3.64. The van der Waals surface area contributed by atoms with E-state index in [1.807, 2.05) is 133 Å². The Morgan fingerprint density at radius 1 is 0.439 bits per heavy atom. The third kappa shape index (κ3) is 10.4. The van der Waals surface area contributed by atoms with Crippen molar-refractivity contribution in [3.8, 4) is 0 Å². The second kappa shape index (κ2) is 20.8. The van der Waals surface area contributed by atoms with Gasteiger partial charge < -0.3 is 14.0 Å². The van der Waals surface area contributed by atoms with Gasteiger partial charge in [-0.3, -0.25) is 0 Å². The van der Waals surface area contributed by atoms with Gasteiger partial charge in [-0.2, -0.15) is 0 Å². The Morgan fingerprint density at radius 3 is 1.07 bits per heavy atom. The van der Waals surface area contributed by atoms with Crippen LogP contribution in [0.1, 0.15) is 0 Å². The molecule has 0 bridgehead atoms. The van der Waals surface area contributed by atoms with E-state index < -0.39 is 22.5 Å². The first-order valence-electron chi connectivity index (χ1n) is 16.0. The monoisotopic (exact) mass is 856 g/mol. The Kier molecular flexibility index (Phi) is 15.4. The van der Waals surface area contributed by atoms with E-state index in [9.17, 15) is 9.46 Å². The smallest absolute Gasteiger partial charge is 0.524 e. The van der Waals surface area contributed by atoms with Crippen molar-refractivity contribution in [3.63, 3.8) is 0 Å². The van der Waals surface area contributed by atoms with Gasteiger partial charge in [0.1, 0.15) is 0 Å². The molecule has 0 aliphatic rings. The first-order chi connectivity index (χ1) is 27.9. The highest BCUT2D eigenvalue weighted by molar-refractivity contribution is 7.85. The van der Waals surface area contributed by atoms with E-state index in [0.29, 0.717) is 0 Å². The molecule has 0 spiro atoms. The third-order valence-electron chi connectivity index (χ3n) is 8.01. The van der Waals surface area contributed by atoms with Crippen LogP contribution in [-0.4, -0.2) is 5.26 Å². The van der Waals surface area contributed by atoms with Gasteiger partial charge in [0.25, 0.3) is 0 Å². The fourth-order valence-corrected chi connectivity index (χ4v) is 12.2. The van der Waals surface area contributed by atoms with E-state index >= 15 is 9.13 Å². The maximum Gasteiger partial charge on any atom is 0.524 e. The van der Waals surface area contributed by atoms with Crippen molar-refractivity contribution in [2.45, 2.75) is 0 Å². The molecule has 0 fully saturated rings. The molecule has 0 radical (unpaired) electrons. The number of rotatable bonds is 18. The quantitative estimate of drug-likeness (QED) is 0.0450. The van der Waals surface area contributed by atoms with Crippen LogP contribution in [0, 0.1) is 0 Å². The predicted molar refractivity (Wildman–Crippen MR) is 201 cm³/mol. The van der Waals surface area contributed by atoms with Crippen LogP contribution in [0.5, 0.6) is 0 Å². The summed E-state index contributed by atoms with van der Waals surface area (Å²) in [7, 11) is -9.55. The highest BCUT2D eigenvalue weighted by atomic mass is 32.1. The minimum absolute atomic E-state index is 0.793. The van der Waals surface area contributed by atoms with E-state index in [4.69, 9.17) is 5.26 Å². The van der Waals surface area contributed by atoms with E-state index in [2.05, 4.69) is 84.4 Å². The number of benzene rings is 6. The first kappa shape index (κ1) is 42.2. The van der Waals surface area contributed by atoms with Crippen LogP contribution in [0.4, 0.5) is 0 Å². The molecule has 0 aliphatic heterocycles. The lowest BCUT2D eigenvalue weighted by Gasteiger charge is -2.20. The summed E-state index contributed by atoms with van der Waals surface area (Å²) in [6.07, 6.45) is 0. The number of fused-ring (bicyclic) bond motifs is 3. The fraction of sp³-hybridized carbons (Fsp3) is 0. The van der Waals surface area contributed by atoms with Crippen molar-refractivity contribution < 1.29 is 83.9 Å². The molecule has 6 aromatic carbocycles. The Balaban J connectivity index is 0.000000293.